The maximum Gasteiger partial charge on any atom is 0.0447 e. The number of hydrogen-bond acceptors (Lipinski definition) is 3. The predicted octanol–water partition coefficient (Wildman–Crippen LogP) is -0.612. The van der Waals surface area contributed by atoms with Gasteiger partial charge in [0.15, 0.2) is 0 Å². The van der Waals surface area contributed by atoms with Gasteiger partial charge in [-0.3, -0.25) is 0 Å². The van der Waals surface area contributed by atoms with E-state index in [4.69, 9.17) is 10.8 Å². The van der Waals surface area contributed by atoms with Gasteiger partial charge in [0, 0.05) is 25.6 Å². The van der Waals surface area contributed by atoms with Gasteiger partial charge >= 0.3 is 0 Å². The van der Waals surface area contributed by atoms with Crippen LogP contribution in [0.4, 0.5) is 0 Å². The largest absolute Gasteiger partial charge is 0.403 e. The average Bonchev–Trinajstić information content (AvgIpc) is 1.81. The first-order valence-corrected chi connectivity index (χ1v) is 2.63. The van der Waals surface area contributed by atoms with Gasteiger partial charge in [-0.1, -0.05) is 0 Å². The number of nitrogens with two attached hydrogens (primary N) is 1. The fourth-order valence-corrected chi connectivity index (χ4v) is 0.332. The van der Waals surface area contributed by atoms with Crippen molar-refractivity contribution in [1.82, 2.24) is 5.32 Å². The summed E-state index contributed by atoms with van der Waals surface area (Å²) in [7, 11) is 0. The minimum absolute atomic E-state index is 0.228. The van der Waals surface area contributed by atoms with Gasteiger partial charge in [0.2, 0.25) is 0 Å². The number of nitrogens with one attached hydrogen (secondary N) is 1. The van der Waals surface area contributed by atoms with Gasteiger partial charge in [0.05, 0.1) is 0 Å². The molecule has 0 radical (unpaired) electrons. The second kappa shape index (κ2) is 6.30. The summed E-state index contributed by atoms with van der Waals surface area (Å²) in [6.07, 6.45) is 3.84. The lowest BCUT2D eigenvalue weighted by molar-refractivity contribution is 0.288. The molecule has 0 rings (SSSR count). The Balaban J connectivity index is 2.72. The molecule has 0 aromatic rings. The molecule has 0 aliphatic rings. The molecule has 0 aromatic heterocycles. The molecule has 0 aliphatic heterocycles. The molecule has 0 aliphatic carbocycles. The van der Waals surface area contributed by atoms with Crippen molar-refractivity contribution >= 4 is 0 Å². The third-order valence-corrected chi connectivity index (χ3v) is 0.693. The van der Waals surface area contributed by atoms with Crippen molar-refractivity contribution < 1.29 is 5.11 Å². The normalized spacial score (nSPS) is 10.1. The minimum Gasteiger partial charge on any atom is -0.403 e. The van der Waals surface area contributed by atoms with Crippen LogP contribution in [-0.4, -0.2) is 18.3 Å². The first kappa shape index (κ1) is 7.30. The zero-order valence-electron chi connectivity index (χ0n) is 4.80. The summed E-state index contributed by atoms with van der Waals surface area (Å²) < 4.78 is 0. The number of hydrogen-bond donors (Lipinski definition) is 3. The molecule has 0 saturated carbocycles. The summed E-state index contributed by atoms with van der Waals surface area (Å²) >= 11 is 0. The molecule has 0 aromatic carbocycles. The van der Waals surface area contributed by atoms with Crippen molar-refractivity contribution in [2.45, 2.75) is 6.42 Å². The van der Waals surface area contributed by atoms with E-state index in [1.54, 1.807) is 6.20 Å². The van der Waals surface area contributed by atoms with Crippen LogP contribution in [0.25, 0.3) is 0 Å². The molecular formula is C5H12N2O. The Bertz CT molecular complexity index is 63.4. The Morgan fingerprint density at radius 2 is 2.38 bits per heavy atom. The Kier molecular flexibility index (Phi) is 5.75. The molecule has 8 heavy (non-hydrogen) atoms. The topological polar surface area (TPSA) is 58.3 Å². The number of aliphatic hydroxyl groups excluding tert-OH is 1. The van der Waals surface area contributed by atoms with Crippen molar-refractivity contribution in [1.29, 1.82) is 0 Å². The molecule has 3 heteroatoms. The molecule has 48 valence electrons. The summed E-state index contributed by atoms with van der Waals surface area (Å²) in [5, 5.41) is 11.1. The van der Waals surface area contributed by atoms with Crippen LogP contribution in [0.1, 0.15) is 6.42 Å². The summed E-state index contributed by atoms with van der Waals surface area (Å²) in [6.45, 7) is 1.01. The number of rotatable bonds is 4. The van der Waals surface area contributed by atoms with E-state index >= 15 is 0 Å². The quantitative estimate of drug-likeness (QED) is 0.429. The van der Waals surface area contributed by atoms with E-state index < -0.39 is 0 Å². The molecule has 0 amide bonds. The highest BCUT2D eigenvalue weighted by Gasteiger charge is 1.76. The molecule has 0 atom stereocenters. The fourth-order valence-electron chi connectivity index (χ4n) is 0.332. The van der Waals surface area contributed by atoms with Gasteiger partial charge in [-0.05, 0) is 6.42 Å². The van der Waals surface area contributed by atoms with Gasteiger partial charge in [0.25, 0.3) is 0 Å². The van der Waals surface area contributed by atoms with Crippen molar-refractivity contribution in [2.75, 3.05) is 13.2 Å². The molecule has 0 fully saturated rings. The maximum absolute atomic E-state index is 8.27. The van der Waals surface area contributed by atoms with Crippen LogP contribution in [-0.2, 0) is 0 Å². The van der Waals surface area contributed by atoms with Crippen LogP contribution in [0, 0.1) is 0 Å². The first-order valence-electron chi connectivity index (χ1n) is 2.63. The highest BCUT2D eigenvalue weighted by Crippen LogP contribution is 1.69. The Morgan fingerprint density at radius 3 is 2.88 bits per heavy atom. The van der Waals surface area contributed by atoms with Crippen molar-refractivity contribution in [3.63, 3.8) is 0 Å². The minimum atomic E-state index is 0.228. The van der Waals surface area contributed by atoms with E-state index in [2.05, 4.69) is 5.32 Å². The molecule has 0 unspecified atom stereocenters. The van der Waals surface area contributed by atoms with Crippen LogP contribution in [0.2, 0.25) is 0 Å². The molecule has 0 saturated heterocycles. The summed E-state index contributed by atoms with van der Waals surface area (Å²) in [5.41, 5.74) is 5.01. The highest BCUT2D eigenvalue weighted by atomic mass is 16.3. The number of aliphatic hydroxyl groups is 1. The van der Waals surface area contributed by atoms with Crippen LogP contribution in [0.3, 0.4) is 0 Å². The standard InChI is InChI=1S/C5H12N2O/c6-2-4-7-3-1-5-8/h2,4,7-8H,1,3,5-6H2. The van der Waals surface area contributed by atoms with E-state index in [0.717, 1.165) is 13.0 Å². The van der Waals surface area contributed by atoms with Gasteiger partial charge in [-0.2, -0.15) is 0 Å². The zero-order valence-corrected chi connectivity index (χ0v) is 4.80. The molecule has 0 heterocycles. The van der Waals surface area contributed by atoms with E-state index in [9.17, 15) is 0 Å². The summed E-state index contributed by atoms with van der Waals surface area (Å²) in [4.78, 5) is 0. The Labute approximate surface area is 49.2 Å². The van der Waals surface area contributed by atoms with E-state index in [1.165, 1.54) is 6.20 Å². The van der Waals surface area contributed by atoms with Crippen LogP contribution in [0.5, 0.6) is 0 Å². The molecule has 0 bridgehead atoms. The smallest absolute Gasteiger partial charge is 0.0447 e. The lowest BCUT2D eigenvalue weighted by Crippen LogP contribution is -2.08. The fraction of sp³-hybridized carbons (Fsp3) is 0.600. The second-order valence-electron chi connectivity index (χ2n) is 1.39. The third-order valence-electron chi connectivity index (χ3n) is 0.693. The molecule has 4 N–H and O–H groups in total. The van der Waals surface area contributed by atoms with Crippen molar-refractivity contribution in [3.05, 3.63) is 12.4 Å². The van der Waals surface area contributed by atoms with Crippen LogP contribution < -0.4 is 11.1 Å². The maximum atomic E-state index is 8.27. The summed E-state index contributed by atoms with van der Waals surface area (Å²) in [5.74, 6) is 0. The van der Waals surface area contributed by atoms with Gasteiger partial charge in [-0.25, -0.2) is 0 Å². The second-order valence-corrected chi connectivity index (χ2v) is 1.39. The monoisotopic (exact) mass is 116 g/mol. The summed E-state index contributed by atoms with van der Waals surface area (Å²) in [6, 6.07) is 0. The Morgan fingerprint density at radius 1 is 1.62 bits per heavy atom. The molecular weight excluding hydrogens is 104 g/mol. The van der Waals surface area contributed by atoms with Crippen molar-refractivity contribution in [2.24, 2.45) is 5.73 Å². The highest BCUT2D eigenvalue weighted by molar-refractivity contribution is 4.71. The third kappa shape index (κ3) is 5.30. The van der Waals surface area contributed by atoms with E-state index in [1.807, 2.05) is 0 Å². The van der Waals surface area contributed by atoms with Crippen molar-refractivity contribution in [3.8, 4) is 0 Å². The lowest BCUT2D eigenvalue weighted by Gasteiger charge is -1.94. The van der Waals surface area contributed by atoms with E-state index in [-0.39, 0.29) is 6.61 Å². The van der Waals surface area contributed by atoms with Gasteiger partial charge < -0.3 is 16.2 Å². The molecule has 0 spiro atoms. The zero-order chi connectivity index (χ0) is 6.24. The predicted molar refractivity (Wildman–Crippen MR) is 33.0 cm³/mol. The van der Waals surface area contributed by atoms with Crippen LogP contribution >= 0.6 is 0 Å². The van der Waals surface area contributed by atoms with Gasteiger partial charge in [0.1, 0.15) is 0 Å². The first-order chi connectivity index (χ1) is 3.91. The van der Waals surface area contributed by atoms with E-state index in [0.29, 0.717) is 0 Å². The lowest BCUT2D eigenvalue weighted by atomic mass is 10.4. The molecule has 3 nitrogen and oxygen atoms in total. The van der Waals surface area contributed by atoms with Gasteiger partial charge in [-0.15, -0.1) is 0 Å². The van der Waals surface area contributed by atoms with Crippen LogP contribution in [0.15, 0.2) is 12.4 Å². The average molecular weight is 116 g/mol. The Hall–Kier alpha value is -0.700. The SMILES string of the molecule is NC=CNCCCO.